The molecule has 6 heteroatoms. The minimum Gasteiger partial charge on any atom is -0.364 e. The number of anilines is 1. The Kier molecular flexibility index (Phi) is 3.89. The highest BCUT2D eigenvalue weighted by Crippen LogP contribution is 2.35. The molecule has 116 valence electrons. The quantitative estimate of drug-likeness (QED) is 0.937. The third-order valence-electron chi connectivity index (χ3n) is 4.03. The average molecular weight is 337 g/mol. The highest BCUT2D eigenvalue weighted by Gasteiger charge is 2.27. The Balaban J connectivity index is 1.95. The van der Waals surface area contributed by atoms with Crippen molar-refractivity contribution in [1.82, 2.24) is 0 Å². The summed E-state index contributed by atoms with van der Waals surface area (Å²) < 4.78 is 23.0. The number of benzene rings is 2. The minimum absolute atomic E-state index is 0.165. The molecule has 0 amide bonds. The van der Waals surface area contributed by atoms with Crippen molar-refractivity contribution in [2.75, 3.05) is 4.90 Å². The monoisotopic (exact) mass is 336 g/mol. The maximum Gasteiger partial charge on any atom is 0.238 e. The van der Waals surface area contributed by atoms with Gasteiger partial charge in [-0.2, -0.15) is 0 Å². The highest BCUT2D eigenvalue weighted by molar-refractivity contribution is 7.89. The van der Waals surface area contributed by atoms with Crippen LogP contribution in [-0.4, -0.2) is 14.5 Å². The molecule has 22 heavy (non-hydrogen) atoms. The number of hydrogen-bond acceptors (Lipinski definition) is 3. The summed E-state index contributed by atoms with van der Waals surface area (Å²) in [7, 11) is -3.66. The molecule has 2 N–H and O–H groups in total. The maximum absolute atomic E-state index is 11.5. The van der Waals surface area contributed by atoms with Gasteiger partial charge in [0, 0.05) is 23.3 Å². The zero-order valence-corrected chi connectivity index (χ0v) is 13.7. The predicted molar refractivity (Wildman–Crippen MR) is 88.6 cm³/mol. The first kappa shape index (κ1) is 15.3. The molecule has 4 nitrogen and oxygen atoms in total. The Bertz CT molecular complexity index is 821. The van der Waals surface area contributed by atoms with E-state index in [0.29, 0.717) is 6.54 Å². The van der Waals surface area contributed by atoms with Crippen molar-refractivity contribution in [3.05, 3.63) is 58.6 Å². The number of nitrogens with two attached hydrogens (primary N) is 1. The van der Waals surface area contributed by atoms with E-state index in [1.807, 2.05) is 30.3 Å². The van der Waals surface area contributed by atoms with Crippen molar-refractivity contribution in [3.63, 3.8) is 0 Å². The van der Waals surface area contributed by atoms with Crippen LogP contribution < -0.4 is 10.0 Å². The van der Waals surface area contributed by atoms with Crippen LogP contribution in [0.1, 0.15) is 18.1 Å². The lowest BCUT2D eigenvalue weighted by Crippen LogP contribution is -2.28. The summed E-state index contributed by atoms with van der Waals surface area (Å²) in [6, 6.07) is 13.1. The molecule has 0 aromatic heterocycles. The van der Waals surface area contributed by atoms with Crippen molar-refractivity contribution >= 4 is 27.3 Å². The van der Waals surface area contributed by atoms with Crippen molar-refractivity contribution < 1.29 is 8.42 Å². The molecule has 0 fully saturated rings. The van der Waals surface area contributed by atoms with E-state index in [4.69, 9.17) is 16.7 Å². The lowest BCUT2D eigenvalue weighted by Gasteiger charge is -2.25. The second-order valence-electron chi connectivity index (χ2n) is 5.61. The van der Waals surface area contributed by atoms with Gasteiger partial charge in [-0.05, 0) is 48.7 Å². The smallest absolute Gasteiger partial charge is 0.238 e. The molecule has 0 aliphatic carbocycles. The molecule has 1 unspecified atom stereocenters. The number of halogens is 1. The normalized spacial score (nSPS) is 17.6. The first-order valence-electron chi connectivity index (χ1n) is 7.02. The summed E-state index contributed by atoms with van der Waals surface area (Å²) in [6.45, 7) is 2.82. The predicted octanol–water partition coefficient (Wildman–Crippen LogP) is 2.94. The van der Waals surface area contributed by atoms with Crippen LogP contribution in [0.3, 0.4) is 0 Å². The fraction of sp³-hybridized carbons (Fsp3) is 0.250. The van der Waals surface area contributed by atoms with E-state index in [9.17, 15) is 8.42 Å². The molecule has 0 spiro atoms. The summed E-state index contributed by atoms with van der Waals surface area (Å²) in [5.41, 5.74) is 3.10. The van der Waals surface area contributed by atoms with Crippen molar-refractivity contribution in [1.29, 1.82) is 0 Å². The lowest BCUT2D eigenvalue weighted by atomic mass is 10.1. The van der Waals surface area contributed by atoms with Crippen molar-refractivity contribution in [2.24, 2.45) is 5.14 Å². The second kappa shape index (κ2) is 5.57. The lowest BCUT2D eigenvalue weighted by molar-refractivity contribution is 0.597. The Hall–Kier alpha value is -1.56. The van der Waals surface area contributed by atoms with Crippen LogP contribution in [0.5, 0.6) is 0 Å². The van der Waals surface area contributed by atoms with Crippen molar-refractivity contribution in [3.8, 4) is 0 Å². The highest BCUT2D eigenvalue weighted by atomic mass is 35.5. The molecule has 2 aromatic carbocycles. The van der Waals surface area contributed by atoms with Gasteiger partial charge in [-0.1, -0.05) is 29.8 Å². The minimum atomic E-state index is -3.66. The third-order valence-corrected chi connectivity index (χ3v) is 5.31. The van der Waals surface area contributed by atoms with Crippen LogP contribution in [-0.2, 0) is 23.0 Å². The van der Waals surface area contributed by atoms with Crippen LogP contribution >= 0.6 is 11.6 Å². The molecule has 1 heterocycles. The van der Waals surface area contributed by atoms with E-state index in [-0.39, 0.29) is 10.9 Å². The number of primary sulfonamides is 1. The van der Waals surface area contributed by atoms with Gasteiger partial charge in [-0.15, -0.1) is 0 Å². The van der Waals surface area contributed by atoms with Crippen molar-refractivity contribution in [2.45, 2.75) is 30.8 Å². The SMILES string of the molecule is CC1Cc2cc(S(N)(=O)=O)ccc2N1Cc1ccccc1Cl. The summed E-state index contributed by atoms with van der Waals surface area (Å²) in [6.07, 6.45) is 0.795. The Morgan fingerprint density at radius 3 is 2.68 bits per heavy atom. The first-order valence-corrected chi connectivity index (χ1v) is 8.94. The molecule has 3 rings (SSSR count). The second-order valence-corrected chi connectivity index (χ2v) is 7.58. The molecular weight excluding hydrogens is 320 g/mol. The molecule has 1 aliphatic rings. The van der Waals surface area contributed by atoms with Gasteiger partial charge in [0.1, 0.15) is 0 Å². The summed E-state index contributed by atoms with van der Waals surface area (Å²) in [5, 5.41) is 5.94. The molecule has 0 saturated carbocycles. The van der Waals surface area contributed by atoms with Crippen LogP contribution in [0.25, 0.3) is 0 Å². The van der Waals surface area contributed by atoms with Crippen LogP contribution in [0.15, 0.2) is 47.4 Å². The number of nitrogens with zero attached hydrogens (tertiary/aromatic N) is 1. The number of sulfonamides is 1. The molecular formula is C16H17ClN2O2S. The van der Waals surface area contributed by atoms with Gasteiger partial charge in [0.05, 0.1) is 4.90 Å². The number of rotatable bonds is 3. The van der Waals surface area contributed by atoms with E-state index in [1.54, 1.807) is 12.1 Å². The molecule has 0 saturated heterocycles. The zero-order chi connectivity index (χ0) is 15.9. The number of hydrogen-bond donors (Lipinski definition) is 1. The van der Waals surface area contributed by atoms with E-state index in [2.05, 4.69) is 11.8 Å². The average Bonchev–Trinajstić information content (AvgIpc) is 2.76. The fourth-order valence-electron chi connectivity index (χ4n) is 2.90. The van der Waals surface area contributed by atoms with E-state index in [0.717, 1.165) is 28.3 Å². The summed E-state index contributed by atoms with van der Waals surface area (Å²) >= 11 is 6.24. The Morgan fingerprint density at radius 1 is 1.27 bits per heavy atom. The van der Waals surface area contributed by atoms with Crippen LogP contribution in [0, 0.1) is 0 Å². The summed E-state index contributed by atoms with van der Waals surface area (Å²) in [4.78, 5) is 2.40. The standard InChI is InChI=1S/C16H17ClN2O2S/c1-11-8-13-9-14(22(18,20)21)6-7-16(13)19(11)10-12-4-2-3-5-15(12)17/h2-7,9,11H,8,10H2,1H3,(H2,18,20,21). The fourth-order valence-corrected chi connectivity index (χ4v) is 3.66. The number of fused-ring (bicyclic) bond motifs is 1. The van der Waals surface area contributed by atoms with Gasteiger partial charge >= 0.3 is 0 Å². The largest absolute Gasteiger partial charge is 0.364 e. The van der Waals surface area contributed by atoms with Gasteiger partial charge in [-0.3, -0.25) is 0 Å². The molecule has 0 radical (unpaired) electrons. The van der Waals surface area contributed by atoms with Gasteiger partial charge in [-0.25, -0.2) is 13.6 Å². The van der Waals surface area contributed by atoms with Gasteiger partial charge in [0.15, 0.2) is 0 Å². The van der Waals surface area contributed by atoms with E-state index >= 15 is 0 Å². The Labute approximate surface area is 135 Å². The summed E-state index contributed by atoms with van der Waals surface area (Å²) in [5.74, 6) is 0. The molecule has 1 aliphatic heterocycles. The van der Waals surface area contributed by atoms with E-state index < -0.39 is 10.0 Å². The van der Waals surface area contributed by atoms with Crippen LogP contribution in [0.2, 0.25) is 5.02 Å². The molecule has 0 bridgehead atoms. The van der Waals surface area contributed by atoms with Gasteiger partial charge in [0.25, 0.3) is 0 Å². The zero-order valence-electron chi connectivity index (χ0n) is 12.2. The maximum atomic E-state index is 11.5. The van der Waals surface area contributed by atoms with Gasteiger partial charge < -0.3 is 4.90 Å². The topological polar surface area (TPSA) is 63.4 Å². The van der Waals surface area contributed by atoms with E-state index in [1.165, 1.54) is 0 Å². The third kappa shape index (κ3) is 2.84. The van der Waals surface area contributed by atoms with Crippen LogP contribution in [0.4, 0.5) is 5.69 Å². The molecule has 1 atom stereocenters. The first-order chi connectivity index (χ1) is 10.4. The Morgan fingerprint density at radius 2 is 2.00 bits per heavy atom. The van der Waals surface area contributed by atoms with Gasteiger partial charge in [0.2, 0.25) is 10.0 Å². The molecule has 2 aromatic rings.